The van der Waals surface area contributed by atoms with E-state index in [1.807, 2.05) is 19.1 Å². The van der Waals surface area contributed by atoms with Crippen molar-refractivity contribution >= 4 is 6.29 Å². The lowest BCUT2D eigenvalue weighted by atomic mass is 10.1. The maximum absolute atomic E-state index is 10.6. The van der Waals surface area contributed by atoms with Gasteiger partial charge in [0.1, 0.15) is 0 Å². The molecule has 0 bridgehead atoms. The molecule has 2 aromatic heterocycles. The molecule has 15 heavy (non-hydrogen) atoms. The Kier molecular flexibility index (Phi) is 2.54. The van der Waals surface area contributed by atoms with Crippen LogP contribution in [0.1, 0.15) is 15.9 Å². The van der Waals surface area contributed by atoms with Gasteiger partial charge in [-0.3, -0.25) is 14.8 Å². The van der Waals surface area contributed by atoms with E-state index >= 15 is 0 Å². The lowest BCUT2D eigenvalue weighted by molar-refractivity contribution is 0.112. The second-order valence-corrected chi connectivity index (χ2v) is 3.29. The quantitative estimate of drug-likeness (QED) is 0.695. The summed E-state index contributed by atoms with van der Waals surface area (Å²) in [6, 6.07) is 5.65. The predicted octanol–water partition coefficient (Wildman–Crippen LogP) is 2.26. The zero-order chi connectivity index (χ0) is 10.7. The number of aromatic nitrogens is 2. The molecule has 0 aromatic carbocycles. The molecule has 3 nitrogen and oxygen atoms in total. The molecule has 0 aliphatic heterocycles. The predicted molar refractivity (Wildman–Crippen MR) is 57.6 cm³/mol. The molecule has 74 valence electrons. The van der Waals surface area contributed by atoms with Crippen LogP contribution in [-0.2, 0) is 0 Å². The van der Waals surface area contributed by atoms with E-state index in [0.717, 1.165) is 23.1 Å². The van der Waals surface area contributed by atoms with Crippen LogP contribution in [0.4, 0.5) is 0 Å². The fourth-order valence-electron chi connectivity index (χ4n) is 1.44. The van der Waals surface area contributed by atoms with E-state index in [9.17, 15) is 4.79 Å². The van der Waals surface area contributed by atoms with Gasteiger partial charge in [0.05, 0.1) is 5.69 Å². The van der Waals surface area contributed by atoms with Crippen LogP contribution in [0.3, 0.4) is 0 Å². The van der Waals surface area contributed by atoms with Crippen molar-refractivity contribution in [2.75, 3.05) is 0 Å². The van der Waals surface area contributed by atoms with Gasteiger partial charge in [-0.25, -0.2) is 0 Å². The average Bonchev–Trinajstić information content (AvgIpc) is 2.30. The maximum Gasteiger partial charge on any atom is 0.151 e. The first kappa shape index (κ1) is 9.52. The van der Waals surface area contributed by atoms with E-state index in [-0.39, 0.29) is 0 Å². The third-order valence-electron chi connectivity index (χ3n) is 2.18. The van der Waals surface area contributed by atoms with Crippen LogP contribution in [-0.4, -0.2) is 16.3 Å². The molecule has 0 aliphatic rings. The van der Waals surface area contributed by atoms with Gasteiger partial charge in [-0.1, -0.05) is 6.07 Å². The Balaban J connectivity index is 2.54. The van der Waals surface area contributed by atoms with Crippen molar-refractivity contribution in [2.24, 2.45) is 0 Å². The molecule has 3 heteroatoms. The lowest BCUT2D eigenvalue weighted by Gasteiger charge is -2.03. The van der Waals surface area contributed by atoms with E-state index in [1.54, 1.807) is 18.5 Å². The summed E-state index contributed by atoms with van der Waals surface area (Å²) in [4.78, 5) is 18.9. The van der Waals surface area contributed by atoms with E-state index in [0.29, 0.717) is 5.56 Å². The third-order valence-corrected chi connectivity index (χ3v) is 2.18. The molecule has 2 rings (SSSR count). The first-order valence-electron chi connectivity index (χ1n) is 4.63. The molecule has 0 unspecified atom stereocenters. The Morgan fingerprint density at radius 2 is 2.20 bits per heavy atom. The van der Waals surface area contributed by atoms with E-state index in [2.05, 4.69) is 9.97 Å². The molecule has 0 atom stereocenters. The molecular weight excluding hydrogens is 188 g/mol. The number of carbonyl (C=O) groups is 1. The summed E-state index contributed by atoms with van der Waals surface area (Å²) in [5, 5.41) is 0. The van der Waals surface area contributed by atoms with E-state index < -0.39 is 0 Å². The SMILES string of the molecule is Cc1cccnc1-c1cncc(C=O)c1. The highest BCUT2D eigenvalue weighted by Crippen LogP contribution is 2.19. The second kappa shape index (κ2) is 4.00. The number of pyridine rings is 2. The summed E-state index contributed by atoms with van der Waals surface area (Å²) in [6.45, 7) is 1.98. The number of carbonyl (C=O) groups excluding carboxylic acids is 1. The van der Waals surface area contributed by atoms with Crippen molar-refractivity contribution in [3.05, 3.63) is 47.9 Å². The third kappa shape index (κ3) is 1.91. The van der Waals surface area contributed by atoms with Crippen LogP contribution in [0.5, 0.6) is 0 Å². The molecule has 0 fully saturated rings. The Morgan fingerprint density at radius 1 is 1.33 bits per heavy atom. The van der Waals surface area contributed by atoms with Crippen LogP contribution >= 0.6 is 0 Å². The maximum atomic E-state index is 10.6. The molecule has 2 aromatic rings. The number of hydrogen-bond acceptors (Lipinski definition) is 3. The zero-order valence-electron chi connectivity index (χ0n) is 8.34. The number of aldehydes is 1. The van der Waals surface area contributed by atoms with Crippen molar-refractivity contribution < 1.29 is 4.79 Å². The minimum Gasteiger partial charge on any atom is -0.298 e. The summed E-state index contributed by atoms with van der Waals surface area (Å²) in [7, 11) is 0. The van der Waals surface area contributed by atoms with Gasteiger partial charge in [-0.2, -0.15) is 0 Å². The standard InChI is InChI=1S/C12H10N2O/c1-9-3-2-4-14-12(9)11-5-10(8-15)6-13-7-11/h2-8H,1H3. The van der Waals surface area contributed by atoms with Crippen molar-refractivity contribution in [1.82, 2.24) is 9.97 Å². The molecule has 2 heterocycles. The largest absolute Gasteiger partial charge is 0.298 e. The van der Waals surface area contributed by atoms with Crippen molar-refractivity contribution in [2.45, 2.75) is 6.92 Å². The summed E-state index contributed by atoms with van der Waals surface area (Å²) in [6.07, 6.45) is 5.77. The molecule has 0 radical (unpaired) electrons. The van der Waals surface area contributed by atoms with Gasteiger partial charge >= 0.3 is 0 Å². The summed E-state index contributed by atoms with van der Waals surface area (Å²) >= 11 is 0. The Hall–Kier alpha value is -2.03. The summed E-state index contributed by atoms with van der Waals surface area (Å²) in [5.41, 5.74) is 3.38. The Morgan fingerprint density at radius 3 is 2.93 bits per heavy atom. The minimum atomic E-state index is 0.567. The number of hydrogen-bond donors (Lipinski definition) is 0. The van der Waals surface area contributed by atoms with Crippen LogP contribution in [0.15, 0.2) is 36.8 Å². The molecule has 0 saturated heterocycles. The van der Waals surface area contributed by atoms with Crippen molar-refractivity contribution in [3.63, 3.8) is 0 Å². The van der Waals surface area contributed by atoms with Gasteiger partial charge in [-0.05, 0) is 24.6 Å². The van der Waals surface area contributed by atoms with E-state index in [1.165, 1.54) is 6.20 Å². The first-order chi connectivity index (χ1) is 7.31. The normalized spacial score (nSPS) is 9.93. The van der Waals surface area contributed by atoms with Crippen LogP contribution in [0.25, 0.3) is 11.3 Å². The van der Waals surface area contributed by atoms with Crippen molar-refractivity contribution in [1.29, 1.82) is 0 Å². The fourth-order valence-corrected chi connectivity index (χ4v) is 1.44. The van der Waals surface area contributed by atoms with Crippen molar-refractivity contribution in [3.8, 4) is 11.3 Å². The monoisotopic (exact) mass is 198 g/mol. The minimum absolute atomic E-state index is 0.567. The van der Waals surface area contributed by atoms with Gasteiger partial charge in [0.25, 0.3) is 0 Å². The number of aryl methyl sites for hydroxylation is 1. The number of rotatable bonds is 2. The molecule has 0 amide bonds. The summed E-state index contributed by atoms with van der Waals surface area (Å²) < 4.78 is 0. The van der Waals surface area contributed by atoms with Gasteiger partial charge in [0.2, 0.25) is 0 Å². The molecule has 0 aliphatic carbocycles. The van der Waals surface area contributed by atoms with Gasteiger partial charge in [-0.15, -0.1) is 0 Å². The second-order valence-electron chi connectivity index (χ2n) is 3.29. The zero-order valence-corrected chi connectivity index (χ0v) is 8.34. The van der Waals surface area contributed by atoms with Crippen LogP contribution in [0, 0.1) is 6.92 Å². The highest BCUT2D eigenvalue weighted by atomic mass is 16.1. The Bertz CT molecular complexity index is 494. The van der Waals surface area contributed by atoms with Gasteiger partial charge in [0.15, 0.2) is 6.29 Å². The Labute approximate surface area is 87.8 Å². The molecule has 0 N–H and O–H groups in total. The van der Waals surface area contributed by atoms with E-state index in [4.69, 9.17) is 0 Å². The highest BCUT2D eigenvalue weighted by molar-refractivity contribution is 5.77. The smallest absolute Gasteiger partial charge is 0.151 e. The fraction of sp³-hybridized carbons (Fsp3) is 0.0833. The molecular formula is C12H10N2O. The summed E-state index contributed by atoms with van der Waals surface area (Å²) in [5.74, 6) is 0. The van der Waals surface area contributed by atoms with Crippen LogP contribution in [0.2, 0.25) is 0 Å². The van der Waals surface area contributed by atoms with Gasteiger partial charge in [0, 0.05) is 29.7 Å². The highest BCUT2D eigenvalue weighted by Gasteiger charge is 2.03. The average molecular weight is 198 g/mol. The number of nitrogens with zero attached hydrogens (tertiary/aromatic N) is 2. The first-order valence-corrected chi connectivity index (χ1v) is 4.63. The molecule has 0 spiro atoms. The van der Waals surface area contributed by atoms with Gasteiger partial charge < -0.3 is 0 Å². The molecule has 0 saturated carbocycles. The lowest BCUT2D eigenvalue weighted by Crippen LogP contribution is -1.90. The topological polar surface area (TPSA) is 42.9 Å². The van der Waals surface area contributed by atoms with Crippen LogP contribution < -0.4 is 0 Å².